The highest BCUT2D eigenvalue weighted by Crippen LogP contribution is 2.49. The van der Waals surface area contributed by atoms with E-state index in [2.05, 4.69) is 26.0 Å². The SMILES string of the molecule is Cn1nc(Br)cc1C1(N=C=O)CC1. The fourth-order valence-electron chi connectivity index (χ4n) is 1.50. The van der Waals surface area contributed by atoms with Crippen molar-refractivity contribution in [3.8, 4) is 0 Å². The van der Waals surface area contributed by atoms with Gasteiger partial charge in [0, 0.05) is 7.05 Å². The molecule has 0 aromatic carbocycles. The molecule has 0 N–H and O–H groups in total. The molecule has 0 amide bonds. The highest BCUT2D eigenvalue weighted by Gasteiger charge is 2.47. The average Bonchev–Trinajstić information content (AvgIpc) is 2.74. The van der Waals surface area contributed by atoms with Gasteiger partial charge in [-0.3, -0.25) is 4.68 Å². The molecule has 1 aromatic rings. The van der Waals surface area contributed by atoms with Crippen molar-refractivity contribution in [2.75, 3.05) is 0 Å². The van der Waals surface area contributed by atoms with Crippen LogP contribution in [0.5, 0.6) is 0 Å². The first-order valence-corrected chi connectivity index (χ1v) is 4.76. The van der Waals surface area contributed by atoms with Gasteiger partial charge in [0.2, 0.25) is 6.08 Å². The zero-order valence-corrected chi connectivity index (χ0v) is 8.71. The molecule has 0 saturated heterocycles. The molecule has 0 atom stereocenters. The van der Waals surface area contributed by atoms with Crippen molar-refractivity contribution in [2.45, 2.75) is 18.4 Å². The van der Waals surface area contributed by atoms with E-state index in [-0.39, 0.29) is 5.54 Å². The summed E-state index contributed by atoms with van der Waals surface area (Å²) in [6.45, 7) is 0. The zero-order chi connectivity index (χ0) is 9.47. The van der Waals surface area contributed by atoms with Gasteiger partial charge in [-0.2, -0.15) is 10.1 Å². The lowest BCUT2D eigenvalue weighted by atomic mass is 10.2. The molecule has 1 fully saturated rings. The number of carbonyl (C=O) groups excluding carboxylic acids is 1. The van der Waals surface area contributed by atoms with Crippen molar-refractivity contribution in [2.24, 2.45) is 12.0 Å². The Morgan fingerprint density at radius 2 is 2.46 bits per heavy atom. The predicted octanol–water partition coefficient (Wildman–Crippen LogP) is 1.51. The van der Waals surface area contributed by atoms with E-state index in [1.54, 1.807) is 10.8 Å². The number of aryl methyl sites for hydroxylation is 1. The van der Waals surface area contributed by atoms with E-state index in [0.717, 1.165) is 23.1 Å². The summed E-state index contributed by atoms with van der Waals surface area (Å²) in [7, 11) is 1.85. The van der Waals surface area contributed by atoms with Crippen LogP contribution in [0.15, 0.2) is 15.7 Å². The highest BCUT2D eigenvalue weighted by atomic mass is 79.9. The van der Waals surface area contributed by atoms with Crippen LogP contribution in [0.1, 0.15) is 18.5 Å². The van der Waals surface area contributed by atoms with Gasteiger partial charge in [-0.25, -0.2) is 4.79 Å². The average molecular weight is 242 g/mol. The number of aromatic nitrogens is 2. The molecule has 1 aliphatic rings. The van der Waals surface area contributed by atoms with Gasteiger partial charge in [0.25, 0.3) is 0 Å². The molecule has 1 heterocycles. The van der Waals surface area contributed by atoms with E-state index in [9.17, 15) is 4.79 Å². The van der Waals surface area contributed by atoms with Crippen molar-refractivity contribution in [1.29, 1.82) is 0 Å². The summed E-state index contributed by atoms with van der Waals surface area (Å²) in [5.74, 6) is 0. The molecule has 2 rings (SSSR count). The van der Waals surface area contributed by atoms with E-state index in [1.807, 2.05) is 13.1 Å². The number of aliphatic imine (C=N–C) groups is 1. The van der Waals surface area contributed by atoms with Crippen LogP contribution in [0.2, 0.25) is 0 Å². The second kappa shape index (κ2) is 2.79. The second-order valence-electron chi connectivity index (χ2n) is 3.21. The van der Waals surface area contributed by atoms with E-state index >= 15 is 0 Å². The van der Waals surface area contributed by atoms with Crippen LogP contribution in [-0.4, -0.2) is 15.9 Å². The number of hydrogen-bond acceptors (Lipinski definition) is 3. The Hall–Kier alpha value is -0.930. The molecule has 68 valence electrons. The van der Waals surface area contributed by atoms with Crippen LogP contribution in [0.25, 0.3) is 0 Å². The van der Waals surface area contributed by atoms with Crippen molar-refractivity contribution >= 4 is 22.0 Å². The van der Waals surface area contributed by atoms with Gasteiger partial charge < -0.3 is 0 Å². The summed E-state index contributed by atoms with van der Waals surface area (Å²) < 4.78 is 2.52. The molecule has 1 aromatic heterocycles. The molecule has 0 aliphatic heterocycles. The van der Waals surface area contributed by atoms with Crippen molar-refractivity contribution < 1.29 is 4.79 Å². The van der Waals surface area contributed by atoms with Crippen LogP contribution < -0.4 is 0 Å². The Morgan fingerprint density at radius 1 is 1.77 bits per heavy atom. The fraction of sp³-hybridized carbons (Fsp3) is 0.500. The number of nitrogens with zero attached hydrogens (tertiary/aromatic N) is 3. The summed E-state index contributed by atoms with van der Waals surface area (Å²) in [6.07, 6.45) is 3.45. The Labute approximate surface area is 83.8 Å². The number of hydrogen-bond donors (Lipinski definition) is 0. The lowest BCUT2D eigenvalue weighted by Crippen LogP contribution is -2.09. The summed E-state index contributed by atoms with van der Waals surface area (Å²) in [6, 6.07) is 1.90. The van der Waals surface area contributed by atoms with Gasteiger partial charge in [0.1, 0.15) is 10.1 Å². The largest absolute Gasteiger partial charge is 0.269 e. The molecule has 0 spiro atoms. The monoisotopic (exact) mass is 241 g/mol. The molecule has 13 heavy (non-hydrogen) atoms. The van der Waals surface area contributed by atoms with Crippen LogP contribution in [0.3, 0.4) is 0 Å². The topological polar surface area (TPSA) is 47.2 Å². The Kier molecular flexibility index (Phi) is 1.86. The van der Waals surface area contributed by atoms with Gasteiger partial charge in [-0.05, 0) is 34.8 Å². The number of isocyanates is 1. The summed E-state index contributed by atoms with van der Waals surface area (Å²) in [4.78, 5) is 14.0. The number of rotatable bonds is 2. The molecular formula is C8H8BrN3O. The minimum absolute atomic E-state index is 0.324. The van der Waals surface area contributed by atoms with Crippen LogP contribution in [0, 0.1) is 0 Å². The van der Waals surface area contributed by atoms with E-state index in [0.29, 0.717) is 0 Å². The van der Waals surface area contributed by atoms with Gasteiger partial charge in [0.15, 0.2) is 0 Å². The molecular weight excluding hydrogens is 234 g/mol. The molecule has 4 nitrogen and oxygen atoms in total. The van der Waals surface area contributed by atoms with Crippen molar-refractivity contribution in [1.82, 2.24) is 9.78 Å². The third-order valence-electron chi connectivity index (χ3n) is 2.31. The first kappa shape index (κ1) is 8.66. The first-order chi connectivity index (χ1) is 6.18. The predicted molar refractivity (Wildman–Crippen MR) is 49.9 cm³/mol. The zero-order valence-electron chi connectivity index (χ0n) is 7.12. The normalized spacial score (nSPS) is 18.0. The molecule has 1 aliphatic carbocycles. The minimum Gasteiger partial charge on any atom is -0.269 e. The molecule has 0 bridgehead atoms. The minimum atomic E-state index is -0.324. The lowest BCUT2D eigenvalue weighted by molar-refractivity contribution is 0.549. The van der Waals surface area contributed by atoms with Gasteiger partial charge in [-0.1, -0.05) is 0 Å². The van der Waals surface area contributed by atoms with Gasteiger partial charge >= 0.3 is 0 Å². The van der Waals surface area contributed by atoms with Crippen molar-refractivity contribution in [3.05, 3.63) is 16.4 Å². The van der Waals surface area contributed by atoms with E-state index < -0.39 is 0 Å². The van der Waals surface area contributed by atoms with E-state index in [1.165, 1.54) is 0 Å². The lowest BCUT2D eigenvalue weighted by Gasteiger charge is -2.06. The van der Waals surface area contributed by atoms with Crippen LogP contribution >= 0.6 is 15.9 Å². The Bertz CT molecular complexity index is 388. The smallest absolute Gasteiger partial charge is 0.235 e. The third-order valence-corrected chi connectivity index (χ3v) is 2.70. The maximum absolute atomic E-state index is 10.2. The molecule has 0 unspecified atom stereocenters. The number of halogens is 1. The summed E-state index contributed by atoms with van der Waals surface area (Å²) in [5.41, 5.74) is 0.651. The van der Waals surface area contributed by atoms with Crippen molar-refractivity contribution in [3.63, 3.8) is 0 Å². The molecule has 1 saturated carbocycles. The second-order valence-corrected chi connectivity index (χ2v) is 4.02. The molecule has 5 heteroatoms. The van der Waals surface area contributed by atoms with Gasteiger partial charge in [0.05, 0.1) is 5.69 Å². The Balaban J connectivity index is 2.45. The van der Waals surface area contributed by atoms with Gasteiger partial charge in [-0.15, -0.1) is 0 Å². The van der Waals surface area contributed by atoms with Crippen LogP contribution in [0.4, 0.5) is 0 Å². The quantitative estimate of drug-likeness (QED) is 0.582. The maximum Gasteiger partial charge on any atom is 0.235 e. The Morgan fingerprint density at radius 3 is 2.85 bits per heavy atom. The standard InChI is InChI=1S/C8H8BrN3O/c1-12-6(4-7(9)11-12)8(2-3-8)10-5-13/h4H,2-3H2,1H3. The fourth-order valence-corrected chi connectivity index (χ4v) is 1.95. The maximum atomic E-state index is 10.2. The summed E-state index contributed by atoms with van der Waals surface area (Å²) in [5, 5.41) is 4.14. The third kappa shape index (κ3) is 1.34. The summed E-state index contributed by atoms with van der Waals surface area (Å²) >= 11 is 3.28. The molecule has 0 radical (unpaired) electrons. The van der Waals surface area contributed by atoms with E-state index in [4.69, 9.17) is 0 Å². The first-order valence-electron chi connectivity index (χ1n) is 3.97. The van der Waals surface area contributed by atoms with Crippen LogP contribution in [-0.2, 0) is 17.4 Å². The highest BCUT2D eigenvalue weighted by molar-refractivity contribution is 9.10.